The van der Waals surface area contributed by atoms with E-state index in [1.165, 1.54) is 16.1 Å². The van der Waals surface area contributed by atoms with Gasteiger partial charge in [-0.3, -0.25) is 9.59 Å². The van der Waals surface area contributed by atoms with E-state index in [4.69, 9.17) is 9.47 Å². The SMILES string of the molecule is COc1ccc([C@@H](C)NC(=O)c2cc3c(=O)[nH]c(-c4ccc5c(c4)COCC5)cn3n2)cn1. The van der Waals surface area contributed by atoms with E-state index < -0.39 is 0 Å². The van der Waals surface area contributed by atoms with Gasteiger partial charge in [0.2, 0.25) is 5.88 Å². The van der Waals surface area contributed by atoms with Crippen LogP contribution in [0.15, 0.2) is 53.6 Å². The molecule has 33 heavy (non-hydrogen) atoms. The number of ether oxygens (including phenoxy) is 2. The number of carbonyl (C=O) groups excluding carboxylic acids is 1. The zero-order valence-electron chi connectivity index (χ0n) is 18.3. The molecule has 1 atom stereocenters. The molecule has 4 aromatic rings. The van der Waals surface area contributed by atoms with E-state index in [0.29, 0.717) is 23.7 Å². The summed E-state index contributed by atoms with van der Waals surface area (Å²) in [6, 6.07) is 10.8. The summed E-state index contributed by atoms with van der Waals surface area (Å²) in [5.74, 6) is 0.119. The van der Waals surface area contributed by atoms with Gasteiger partial charge in [-0.05, 0) is 41.7 Å². The number of pyridine rings is 1. The van der Waals surface area contributed by atoms with Crippen LogP contribution in [-0.2, 0) is 17.8 Å². The number of aromatic nitrogens is 4. The molecule has 1 amide bonds. The van der Waals surface area contributed by atoms with Crippen LogP contribution in [-0.4, -0.2) is 39.2 Å². The molecular weight excluding hydrogens is 422 g/mol. The fraction of sp³-hybridized carbons (Fsp3) is 0.250. The number of fused-ring (bicyclic) bond motifs is 2. The molecule has 0 radical (unpaired) electrons. The molecule has 5 rings (SSSR count). The third kappa shape index (κ3) is 4.10. The second-order valence-corrected chi connectivity index (χ2v) is 7.97. The monoisotopic (exact) mass is 445 g/mol. The Kier molecular flexibility index (Phi) is 5.39. The summed E-state index contributed by atoms with van der Waals surface area (Å²) < 4.78 is 12.0. The van der Waals surface area contributed by atoms with Gasteiger partial charge in [-0.15, -0.1) is 0 Å². The fourth-order valence-corrected chi connectivity index (χ4v) is 3.92. The van der Waals surface area contributed by atoms with Crippen molar-refractivity contribution >= 4 is 11.4 Å². The summed E-state index contributed by atoms with van der Waals surface area (Å²) in [6.07, 6.45) is 4.25. The molecule has 0 saturated heterocycles. The number of hydrogen-bond donors (Lipinski definition) is 2. The predicted molar refractivity (Wildman–Crippen MR) is 121 cm³/mol. The highest BCUT2D eigenvalue weighted by molar-refractivity contribution is 5.93. The molecule has 1 aromatic carbocycles. The molecule has 4 heterocycles. The molecule has 0 unspecified atom stereocenters. The van der Waals surface area contributed by atoms with Crippen molar-refractivity contribution in [2.45, 2.75) is 26.0 Å². The van der Waals surface area contributed by atoms with Gasteiger partial charge in [-0.2, -0.15) is 5.10 Å². The molecule has 2 N–H and O–H groups in total. The van der Waals surface area contributed by atoms with Gasteiger partial charge in [0.1, 0.15) is 5.52 Å². The first-order valence-electron chi connectivity index (χ1n) is 10.7. The molecule has 0 spiro atoms. The lowest BCUT2D eigenvalue weighted by atomic mass is 9.99. The second kappa shape index (κ2) is 8.51. The van der Waals surface area contributed by atoms with Crippen LogP contribution in [0.1, 0.15) is 40.1 Å². The molecule has 0 fully saturated rings. The minimum absolute atomic E-state index is 0.157. The van der Waals surface area contributed by atoms with E-state index in [0.717, 1.165) is 29.7 Å². The van der Waals surface area contributed by atoms with Gasteiger partial charge in [0, 0.05) is 18.3 Å². The second-order valence-electron chi connectivity index (χ2n) is 7.97. The van der Waals surface area contributed by atoms with Crippen LogP contribution in [0.25, 0.3) is 16.8 Å². The van der Waals surface area contributed by atoms with Gasteiger partial charge < -0.3 is 19.8 Å². The van der Waals surface area contributed by atoms with Crippen LogP contribution in [0.5, 0.6) is 5.88 Å². The first kappa shape index (κ1) is 20.9. The van der Waals surface area contributed by atoms with Crippen LogP contribution in [0.3, 0.4) is 0 Å². The topological polar surface area (TPSA) is 111 Å². The number of carbonyl (C=O) groups is 1. The maximum Gasteiger partial charge on any atom is 0.274 e. The minimum atomic E-state index is -0.381. The number of benzene rings is 1. The van der Waals surface area contributed by atoms with E-state index in [9.17, 15) is 9.59 Å². The number of methoxy groups -OCH3 is 1. The standard InChI is InChI=1S/C24H23N5O4/c1-14(17-5-6-22(32-2)25-11-17)26-23(30)19-10-21-24(31)27-20(12-29(21)28-19)16-4-3-15-7-8-33-13-18(15)9-16/h3-6,9-12,14H,7-8,13H2,1-2H3,(H,26,30)(H,27,31)/t14-/m1/s1. The summed E-state index contributed by atoms with van der Waals surface area (Å²) in [5, 5.41) is 7.23. The maximum atomic E-state index is 12.8. The average molecular weight is 445 g/mol. The zero-order chi connectivity index (χ0) is 22.9. The van der Waals surface area contributed by atoms with Crippen LogP contribution < -0.4 is 15.6 Å². The van der Waals surface area contributed by atoms with Gasteiger partial charge in [0.25, 0.3) is 11.5 Å². The lowest BCUT2D eigenvalue weighted by Gasteiger charge is -2.17. The molecule has 1 aliphatic rings. The first-order chi connectivity index (χ1) is 16.0. The quantitative estimate of drug-likeness (QED) is 0.489. The van der Waals surface area contributed by atoms with Crippen LogP contribution in [0.4, 0.5) is 0 Å². The summed E-state index contributed by atoms with van der Waals surface area (Å²) in [4.78, 5) is 32.6. The molecule has 3 aromatic heterocycles. The van der Waals surface area contributed by atoms with Crippen molar-refractivity contribution in [3.63, 3.8) is 0 Å². The summed E-state index contributed by atoms with van der Waals surface area (Å²) in [5.41, 5.74) is 4.81. The Morgan fingerprint density at radius 2 is 2.12 bits per heavy atom. The van der Waals surface area contributed by atoms with E-state index in [1.54, 1.807) is 25.6 Å². The Hall–Kier alpha value is -3.98. The Morgan fingerprint density at radius 3 is 2.91 bits per heavy atom. The van der Waals surface area contributed by atoms with Crippen molar-refractivity contribution in [1.29, 1.82) is 0 Å². The van der Waals surface area contributed by atoms with E-state index in [-0.39, 0.29) is 23.2 Å². The Labute approximate surface area is 189 Å². The highest BCUT2D eigenvalue weighted by atomic mass is 16.5. The third-order valence-electron chi connectivity index (χ3n) is 5.81. The number of rotatable bonds is 5. The molecule has 168 valence electrons. The Bertz CT molecular complexity index is 1390. The predicted octanol–water partition coefficient (Wildman–Crippen LogP) is 2.66. The van der Waals surface area contributed by atoms with Crippen molar-refractivity contribution in [3.8, 4) is 17.1 Å². The fourth-order valence-electron chi connectivity index (χ4n) is 3.92. The number of aromatic amines is 1. The smallest absolute Gasteiger partial charge is 0.274 e. The molecule has 0 saturated carbocycles. The molecule has 0 aliphatic carbocycles. The summed E-state index contributed by atoms with van der Waals surface area (Å²) >= 11 is 0. The Balaban J connectivity index is 1.40. The van der Waals surface area contributed by atoms with Crippen LogP contribution in [0, 0.1) is 0 Å². The third-order valence-corrected chi connectivity index (χ3v) is 5.81. The molecule has 9 nitrogen and oxygen atoms in total. The molecular formula is C24H23N5O4. The highest BCUT2D eigenvalue weighted by Crippen LogP contribution is 2.24. The van der Waals surface area contributed by atoms with E-state index in [2.05, 4.69) is 26.4 Å². The number of H-pyrrole nitrogens is 1. The van der Waals surface area contributed by atoms with Crippen LogP contribution >= 0.6 is 0 Å². The van der Waals surface area contributed by atoms with E-state index in [1.807, 2.05) is 25.1 Å². The van der Waals surface area contributed by atoms with Gasteiger partial charge in [-0.1, -0.05) is 18.2 Å². The van der Waals surface area contributed by atoms with E-state index >= 15 is 0 Å². The maximum absolute atomic E-state index is 12.8. The molecule has 0 bridgehead atoms. The van der Waals surface area contributed by atoms with Gasteiger partial charge >= 0.3 is 0 Å². The average Bonchev–Trinajstić information content (AvgIpc) is 3.29. The van der Waals surface area contributed by atoms with Gasteiger partial charge in [0.15, 0.2) is 5.69 Å². The first-order valence-corrected chi connectivity index (χ1v) is 10.7. The van der Waals surface area contributed by atoms with Crippen molar-refractivity contribution in [2.75, 3.05) is 13.7 Å². The minimum Gasteiger partial charge on any atom is -0.481 e. The number of nitrogens with one attached hydrogen (secondary N) is 2. The summed E-state index contributed by atoms with van der Waals surface area (Å²) in [6.45, 7) is 3.13. The molecule has 9 heteroatoms. The van der Waals surface area contributed by atoms with Crippen molar-refractivity contribution < 1.29 is 14.3 Å². The lowest BCUT2D eigenvalue weighted by Crippen LogP contribution is -2.27. The van der Waals surface area contributed by atoms with Crippen molar-refractivity contribution in [3.05, 3.63) is 81.5 Å². The molecule has 1 aliphatic heterocycles. The van der Waals surface area contributed by atoms with Crippen LogP contribution in [0.2, 0.25) is 0 Å². The zero-order valence-corrected chi connectivity index (χ0v) is 18.3. The number of amides is 1. The number of hydrogen-bond acceptors (Lipinski definition) is 6. The van der Waals surface area contributed by atoms with Crippen molar-refractivity contribution in [1.82, 2.24) is 24.9 Å². The van der Waals surface area contributed by atoms with Crippen molar-refractivity contribution in [2.24, 2.45) is 0 Å². The largest absolute Gasteiger partial charge is 0.481 e. The number of nitrogens with zero attached hydrogens (tertiary/aromatic N) is 3. The Morgan fingerprint density at radius 1 is 1.24 bits per heavy atom. The highest BCUT2D eigenvalue weighted by Gasteiger charge is 2.18. The van der Waals surface area contributed by atoms with Gasteiger partial charge in [-0.25, -0.2) is 9.50 Å². The summed E-state index contributed by atoms with van der Waals surface area (Å²) in [7, 11) is 1.55. The normalized spacial score (nSPS) is 14.0. The van der Waals surface area contributed by atoms with Gasteiger partial charge in [0.05, 0.1) is 38.3 Å². The lowest BCUT2D eigenvalue weighted by molar-refractivity contribution is 0.0934.